The van der Waals surface area contributed by atoms with Crippen molar-refractivity contribution in [3.05, 3.63) is 22.3 Å². The van der Waals surface area contributed by atoms with E-state index in [4.69, 9.17) is 6.42 Å². The van der Waals surface area contributed by atoms with Gasteiger partial charge in [-0.2, -0.15) is 0 Å². The van der Waals surface area contributed by atoms with Crippen molar-refractivity contribution in [1.82, 2.24) is 4.98 Å². The predicted octanol–water partition coefficient (Wildman–Crippen LogP) is 1.72. The second kappa shape index (κ2) is 4.06. The standard InChI is InChI=1S/C9H7BrN2O/c1-3-8(13)12-9-6(2)4-7(10)5-11-9/h1,4-5H,2H3,(H,11,12,13). The van der Waals surface area contributed by atoms with Gasteiger partial charge in [-0.25, -0.2) is 4.98 Å². The second-order valence-corrected chi connectivity index (χ2v) is 3.33. The lowest BCUT2D eigenvalue weighted by atomic mass is 10.3. The molecule has 0 fully saturated rings. The molecule has 0 unspecified atom stereocenters. The molecule has 1 N–H and O–H groups in total. The van der Waals surface area contributed by atoms with E-state index < -0.39 is 5.91 Å². The van der Waals surface area contributed by atoms with Crippen molar-refractivity contribution in [2.24, 2.45) is 0 Å². The molecule has 0 bridgehead atoms. The number of nitrogens with zero attached hydrogens (tertiary/aromatic N) is 1. The number of aryl methyl sites for hydroxylation is 1. The molecule has 0 spiro atoms. The average molecular weight is 239 g/mol. The summed E-state index contributed by atoms with van der Waals surface area (Å²) < 4.78 is 0.865. The van der Waals surface area contributed by atoms with Crippen molar-refractivity contribution in [2.75, 3.05) is 5.32 Å². The van der Waals surface area contributed by atoms with Gasteiger partial charge in [0, 0.05) is 10.7 Å². The fourth-order valence-corrected chi connectivity index (χ4v) is 1.26. The summed E-state index contributed by atoms with van der Waals surface area (Å²) in [5, 5.41) is 2.48. The molecular formula is C9H7BrN2O. The quantitative estimate of drug-likeness (QED) is 0.758. The number of aromatic nitrogens is 1. The van der Waals surface area contributed by atoms with Crippen LogP contribution in [-0.4, -0.2) is 10.9 Å². The molecule has 0 aromatic carbocycles. The highest BCUT2D eigenvalue weighted by molar-refractivity contribution is 9.10. The van der Waals surface area contributed by atoms with E-state index in [0.29, 0.717) is 5.82 Å². The van der Waals surface area contributed by atoms with E-state index >= 15 is 0 Å². The molecule has 1 aromatic rings. The maximum absolute atomic E-state index is 10.8. The van der Waals surface area contributed by atoms with E-state index in [0.717, 1.165) is 10.0 Å². The summed E-state index contributed by atoms with van der Waals surface area (Å²) in [6.07, 6.45) is 6.50. The van der Waals surface area contributed by atoms with Crippen LogP contribution in [0.2, 0.25) is 0 Å². The Morgan fingerprint density at radius 2 is 2.46 bits per heavy atom. The van der Waals surface area contributed by atoms with Crippen LogP contribution in [0.15, 0.2) is 16.7 Å². The van der Waals surface area contributed by atoms with Gasteiger partial charge in [-0.05, 0) is 40.4 Å². The minimum absolute atomic E-state index is 0.488. The minimum Gasteiger partial charge on any atom is -0.299 e. The van der Waals surface area contributed by atoms with Crippen LogP contribution < -0.4 is 5.32 Å². The molecule has 1 aromatic heterocycles. The molecule has 0 aliphatic carbocycles. The molecule has 0 radical (unpaired) electrons. The predicted molar refractivity (Wildman–Crippen MR) is 54.1 cm³/mol. The Kier molecular flexibility index (Phi) is 3.04. The lowest BCUT2D eigenvalue weighted by Crippen LogP contribution is -2.10. The summed E-state index contributed by atoms with van der Waals surface area (Å²) in [7, 11) is 0. The fraction of sp³-hybridized carbons (Fsp3) is 0.111. The van der Waals surface area contributed by atoms with Crippen LogP contribution in [0.4, 0.5) is 5.82 Å². The lowest BCUT2D eigenvalue weighted by Gasteiger charge is -2.03. The van der Waals surface area contributed by atoms with Crippen molar-refractivity contribution >= 4 is 27.7 Å². The number of terminal acetylenes is 1. The third-order valence-electron chi connectivity index (χ3n) is 1.41. The van der Waals surface area contributed by atoms with E-state index in [1.54, 1.807) is 6.20 Å². The Morgan fingerprint density at radius 1 is 1.77 bits per heavy atom. The Hall–Kier alpha value is -1.34. The van der Waals surface area contributed by atoms with Crippen LogP contribution in [0.5, 0.6) is 0 Å². The number of carbonyl (C=O) groups is 1. The van der Waals surface area contributed by atoms with Gasteiger partial charge in [-0.15, -0.1) is 6.42 Å². The number of nitrogens with one attached hydrogen (secondary N) is 1. The van der Waals surface area contributed by atoms with Crippen molar-refractivity contribution in [3.8, 4) is 12.3 Å². The average Bonchev–Trinajstić information content (AvgIpc) is 2.09. The topological polar surface area (TPSA) is 42.0 Å². The van der Waals surface area contributed by atoms with Gasteiger partial charge in [0.1, 0.15) is 5.82 Å². The number of halogens is 1. The minimum atomic E-state index is -0.488. The summed E-state index contributed by atoms with van der Waals surface area (Å²) in [6, 6.07) is 1.85. The molecule has 1 rings (SSSR count). The van der Waals surface area contributed by atoms with Crippen LogP contribution in [0.25, 0.3) is 0 Å². The SMILES string of the molecule is C#CC(=O)Nc1ncc(Br)cc1C. The molecule has 1 amide bonds. The van der Waals surface area contributed by atoms with Crippen LogP contribution in [0.1, 0.15) is 5.56 Å². The highest BCUT2D eigenvalue weighted by atomic mass is 79.9. The number of hydrogen-bond acceptors (Lipinski definition) is 2. The molecular weight excluding hydrogens is 232 g/mol. The summed E-state index contributed by atoms with van der Waals surface area (Å²) in [5.41, 5.74) is 0.859. The monoisotopic (exact) mass is 238 g/mol. The van der Waals surface area contributed by atoms with Gasteiger partial charge >= 0.3 is 5.91 Å². The maximum atomic E-state index is 10.8. The van der Waals surface area contributed by atoms with E-state index in [1.807, 2.05) is 18.9 Å². The Balaban J connectivity index is 2.91. The van der Waals surface area contributed by atoms with Gasteiger partial charge in [-0.3, -0.25) is 10.1 Å². The third-order valence-corrected chi connectivity index (χ3v) is 1.84. The van der Waals surface area contributed by atoms with E-state index in [-0.39, 0.29) is 0 Å². The molecule has 66 valence electrons. The van der Waals surface area contributed by atoms with Crippen molar-refractivity contribution < 1.29 is 4.79 Å². The summed E-state index contributed by atoms with van der Waals surface area (Å²) in [5.74, 6) is 1.96. The van der Waals surface area contributed by atoms with E-state index in [2.05, 4.69) is 26.2 Å². The van der Waals surface area contributed by atoms with Gasteiger partial charge in [0.05, 0.1) is 0 Å². The maximum Gasteiger partial charge on any atom is 0.301 e. The number of rotatable bonds is 1. The van der Waals surface area contributed by atoms with Crippen molar-refractivity contribution in [1.29, 1.82) is 0 Å². The molecule has 3 nitrogen and oxygen atoms in total. The molecule has 4 heteroatoms. The van der Waals surface area contributed by atoms with Crippen molar-refractivity contribution in [2.45, 2.75) is 6.92 Å². The van der Waals surface area contributed by atoms with E-state index in [1.165, 1.54) is 0 Å². The number of carbonyl (C=O) groups excluding carboxylic acids is 1. The highest BCUT2D eigenvalue weighted by Gasteiger charge is 2.02. The first kappa shape index (κ1) is 9.75. The zero-order valence-corrected chi connectivity index (χ0v) is 8.55. The number of pyridine rings is 1. The van der Waals surface area contributed by atoms with Gasteiger partial charge in [-0.1, -0.05) is 0 Å². The Labute approximate surface area is 84.7 Å². The summed E-state index contributed by atoms with van der Waals surface area (Å²) in [6.45, 7) is 1.84. The van der Waals surface area contributed by atoms with Gasteiger partial charge in [0.25, 0.3) is 0 Å². The molecule has 1 heterocycles. The van der Waals surface area contributed by atoms with Crippen LogP contribution in [-0.2, 0) is 4.79 Å². The van der Waals surface area contributed by atoms with Gasteiger partial charge in [0.2, 0.25) is 0 Å². The molecule has 0 atom stereocenters. The highest BCUT2D eigenvalue weighted by Crippen LogP contribution is 2.16. The zero-order chi connectivity index (χ0) is 9.84. The normalized spacial score (nSPS) is 9.00. The molecule has 0 saturated heterocycles. The lowest BCUT2D eigenvalue weighted by molar-refractivity contribution is -0.111. The summed E-state index contributed by atoms with van der Waals surface area (Å²) in [4.78, 5) is 14.8. The molecule has 0 saturated carbocycles. The van der Waals surface area contributed by atoms with Gasteiger partial charge < -0.3 is 0 Å². The molecule has 13 heavy (non-hydrogen) atoms. The van der Waals surface area contributed by atoms with Crippen LogP contribution in [0, 0.1) is 19.3 Å². The second-order valence-electron chi connectivity index (χ2n) is 2.42. The molecule has 0 aliphatic heterocycles. The van der Waals surface area contributed by atoms with Crippen LogP contribution >= 0.6 is 15.9 Å². The number of amides is 1. The summed E-state index contributed by atoms with van der Waals surface area (Å²) >= 11 is 3.26. The first-order valence-corrected chi connectivity index (χ1v) is 4.32. The number of anilines is 1. The third kappa shape index (κ3) is 2.56. The Morgan fingerprint density at radius 3 is 3.00 bits per heavy atom. The zero-order valence-electron chi connectivity index (χ0n) is 6.97. The fourth-order valence-electron chi connectivity index (χ4n) is 0.815. The van der Waals surface area contributed by atoms with Gasteiger partial charge in [0.15, 0.2) is 0 Å². The van der Waals surface area contributed by atoms with Crippen LogP contribution in [0.3, 0.4) is 0 Å². The first-order valence-electron chi connectivity index (χ1n) is 3.53. The Bertz CT molecular complexity index is 382. The first-order chi connectivity index (χ1) is 6.13. The van der Waals surface area contributed by atoms with E-state index in [9.17, 15) is 4.79 Å². The van der Waals surface area contributed by atoms with Crippen molar-refractivity contribution in [3.63, 3.8) is 0 Å². The smallest absolute Gasteiger partial charge is 0.299 e. The molecule has 0 aliphatic rings. The largest absolute Gasteiger partial charge is 0.301 e. The number of hydrogen-bond donors (Lipinski definition) is 1.